The second kappa shape index (κ2) is 13.1. The number of aliphatic imine (C=N–C) groups is 2. The second-order valence-corrected chi connectivity index (χ2v) is 10.2. The molecule has 1 aliphatic carbocycles. The summed E-state index contributed by atoms with van der Waals surface area (Å²) in [7, 11) is 1.42. The van der Waals surface area contributed by atoms with Gasteiger partial charge in [-0.25, -0.2) is 9.98 Å². The maximum absolute atomic E-state index is 11.4. The topological polar surface area (TPSA) is 366 Å². The normalized spacial score (nSPS) is 47.5. The number of aliphatic hydroxyl groups excluding tert-OH is 7. The Bertz CT molecular complexity index is 942. The van der Waals surface area contributed by atoms with Gasteiger partial charge in [0.05, 0.1) is 18.8 Å². The Balaban J connectivity index is 1.99. The molecule has 0 amide bonds. The average Bonchev–Trinajstić information content (AvgIpc) is 3.14. The summed E-state index contributed by atoms with van der Waals surface area (Å²) in [4.78, 5) is 7.64. The molecule has 3 fully saturated rings. The number of nitrogens with two attached hydrogens (primary N) is 5. The van der Waals surface area contributed by atoms with E-state index in [1.165, 1.54) is 14.0 Å². The molecule has 2 aliphatic heterocycles. The van der Waals surface area contributed by atoms with Gasteiger partial charge in [-0.05, 0) is 14.0 Å². The van der Waals surface area contributed by atoms with Crippen molar-refractivity contribution in [3.8, 4) is 0 Å². The maximum atomic E-state index is 11.4. The minimum absolute atomic E-state index is 0.508. The van der Waals surface area contributed by atoms with Gasteiger partial charge in [0, 0.05) is 0 Å². The third-order valence-corrected chi connectivity index (χ3v) is 7.62. The largest absolute Gasteiger partial charge is 0.394 e. The Kier molecular flexibility index (Phi) is 10.7. The molecular formula is C21H42N8O12. The highest BCUT2D eigenvalue weighted by Crippen LogP contribution is 2.40. The van der Waals surface area contributed by atoms with E-state index in [1.54, 1.807) is 0 Å². The third-order valence-electron chi connectivity index (χ3n) is 7.62. The fraction of sp³-hybridized carbons (Fsp3) is 0.905. The van der Waals surface area contributed by atoms with E-state index in [0.29, 0.717) is 0 Å². The van der Waals surface area contributed by atoms with E-state index in [1.807, 2.05) is 0 Å². The first kappa shape index (κ1) is 33.5. The Morgan fingerprint density at radius 1 is 0.878 bits per heavy atom. The van der Waals surface area contributed by atoms with Crippen molar-refractivity contribution in [2.24, 2.45) is 38.7 Å². The van der Waals surface area contributed by atoms with Crippen molar-refractivity contribution in [3.05, 3.63) is 0 Å². The third kappa shape index (κ3) is 6.35. The monoisotopic (exact) mass is 598 g/mol. The molecular weight excluding hydrogens is 556 g/mol. The molecule has 19 N–H and O–H groups in total. The molecule has 1 saturated carbocycles. The first-order valence-electron chi connectivity index (χ1n) is 12.7. The van der Waals surface area contributed by atoms with Gasteiger partial charge in [-0.3, -0.25) is 0 Å². The number of hydrogen-bond donors (Lipinski definition) is 14. The Morgan fingerprint density at radius 3 is 1.98 bits per heavy atom. The summed E-state index contributed by atoms with van der Waals surface area (Å²) in [6.45, 7) is 0.614. The van der Waals surface area contributed by atoms with Crippen LogP contribution in [-0.2, 0) is 18.9 Å². The molecule has 0 bridgehead atoms. The van der Waals surface area contributed by atoms with Crippen molar-refractivity contribution < 1.29 is 59.8 Å². The van der Waals surface area contributed by atoms with Crippen LogP contribution in [0, 0.1) is 0 Å². The molecule has 2 saturated heterocycles. The lowest BCUT2D eigenvalue weighted by atomic mass is 9.81. The quantitative estimate of drug-likeness (QED) is 0.0665. The summed E-state index contributed by atoms with van der Waals surface area (Å²) >= 11 is 0. The van der Waals surface area contributed by atoms with Crippen LogP contribution in [0.5, 0.6) is 0 Å². The van der Waals surface area contributed by atoms with E-state index in [-0.39, 0.29) is 0 Å². The zero-order valence-corrected chi connectivity index (χ0v) is 22.4. The van der Waals surface area contributed by atoms with Crippen LogP contribution in [0.4, 0.5) is 0 Å². The molecule has 0 aromatic rings. The minimum Gasteiger partial charge on any atom is -0.394 e. The van der Waals surface area contributed by atoms with Crippen LogP contribution >= 0.6 is 0 Å². The van der Waals surface area contributed by atoms with Crippen LogP contribution in [0.15, 0.2) is 9.98 Å². The number of hydrogen-bond acceptors (Lipinski definition) is 16. The number of guanidine groups is 2. The van der Waals surface area contributed by atoms with Gasteiger partial charge < -0.3 is 93.8 Å². The van der Waals surface area contributed by atoms with Gasteiger partial charge in [0.2, 0.25) is 0 Å². The second-order valence-electron chi connectivity index (χ2n) is 10.2. The van der Waals surface area contributed by atoms with E-state index < -0.39 is 116 Å². The summed E-state index contributed by atoms with van der Waals surface area (Å²) in [5.41, 5.74) is 25.1. The van der Waals surface area contributed by atoms with Crippen molar-refractivity contribution in [2.75, 3.05) is 13.7 Å². The Hall–Kier alpha value is -2.02. The van der Waals surface area contributed by atoms with Gasteiger partial charge >= 0.3 is 0 Å². The number of nitrogens with one attached hydrogen (secondary N) is 1. The molecule has 16 unspecified atom stereocenters. The fourth-order valence-electron chi connectivity index (χ4n) is 5.33. The number of aliphatic hydroxyl groups is 8. The van der Waals surface area contributed by atoms with Crippen LogP contribution in [-0.4, -0.2) is 164 Å². The number of nitrogens with zero attached hydrogens (tertiary/aromatic N) is 2. The highest BCUT2D eigenvalue weighted by molar-refractivity contribution is 5.76. The average molecular weight is 599 g/mol. The predicted molar refractivity (Wildman–Crippen MR) is 137 cm³/mol. The summed E-state index contributed by atoms with van der Waals surface area (Å²) in [5.74, 6) is -1.04. The zero-order valence-electron chi connectivity index (χ0n) is 22.4. The van der Waals surface area contributed by atoms with Crippen molar-refractivity contribution in [2.45, 2.75) is 104 Å². The Labute approximate surface area is 234 Å². The van der Waals surface area contributed by atoms with E-state index in [0.717, 1.165) is 0 Å². The van der Waals surface area contributed by atoms with Gasteiger partial charge in [-0.1, -0.05) is 0 Å². The highest BCUT2D eigenvalue weighted by atomic mass is 16.8. The minimum atomic E-state index is -2.41. The lowest BCUT2D eigenvalue weighted by molar-refractivity contribution is -0.320. The number of likely N-dealkylation sites (N-methyl/N-ethyl adjacent to an activating group) is 1. The molecule has 2 heterocycles. The lowest BCUT2D eigenvalue weighted by Gasteiger charge is -2.46. The van der Waals surface area contributed by atoms with Crippen LogP contribution in [0.1, 0.15) is 6.92 Å². The highest BCUT2D eigenvalue weighted by Gasteiger charge is 2.62. The molecule has 20 heteroatoms. The van der Waals surface area contributed by atoms with Crippen LogP contribution in [0.25, 0.3) is 0 Å². The van der Waals surface area contributed by atoms with Gasteiger partial charge in [-0.15, -0.1) is 0 Å². The first-order chi connectivity index (χ1) is 19.1. The van der Waals surface area contributed by atoms with E-state index >= 15 is 0 Å². The van der Waals surface area contributed by atoms with Crippen LogP contribution in [0.2, 0.25) is 0 Å². The Morgan fingerprint density at radius 2 is 1.46 bits per heavy atom. The molecule has 0 spiro atoms. The number of ether oxygens (including phenoxy) is 4. The smallest absolute Gasteiger partial charge is 0.187 e. The lowest BCUT2D eigenvalue weighted by Crippen LogP contribution is -2.68. The summed E-state index contributed by atoms with van der Waals surface area (Å²) in [5, 5.41) is 87.5. The van der Waals surface area contributed by atoms with Crippen molar-refractivity contribution in [1.29, 1.82) is 0 Å². The molecule has 16 atom stereocenters. The molecule has 0 aromatic carbocycles. The summed E-state index contributed by atoms with van der Waals surface area (Å²) < 4.78 is 23.1. The standard InChI is InChI=1S/C21H42N8O12/c1-4-21(37,18(22)36)15(41-16-8(27-2)12(34)9(31)5(3-30)39-16)17(38-4)40-14-7(29-20(25)26)10(32)6(28-19(23)24)11(33)13(14)35/h4-18,27,30-37H,3,22H2,1-2H3,(H4,23,24,28)(H4,25,26,29). The zero-order chi connectivity index (χ0) is 31.0. The van der Waals surface area contributed by atoms with Crippen molar-refractivity contribution >= 4 is 11.9 Å². The van der Waals surface area contributed by atoms with Crippen molar-refractivity contribution in [3.63, 3.8) is 0 Å². The van der Waals surface area contributed by atoms with Crippen LogP contribution < -0.4 is 34.0 Å². The van der Waals surface area contributed by atoms with Crippen molar-refractivity contribution in [1.82, 2.24) is 5.32 Å². The molecule has 3 rings (SSSR count). The molecule has 3 aliphatic rings. The number of rotatable bonds is 9. The molecule has 0 aromatic heterocycles. The first-order valence-corrected chi connectivity index (χ1v) is 12.7. The predicted octanol–water partition coefficient (Wildman–Crippen LogP) is -9.08. The van der Waals surface area contributed by atoms with Gasteiger partial charge in [0.25, 0.3) is 0 Å². The van der Waals surface area contributed by atoms with Gasteiger partial charge in [0.15, 0.2) is 30.1 Å². The van der Waals surface area contributed by atoms with E-state index in [9.17, 15) is 40.9 Å². The summed E-state index contributed by atoms with van der Waals surface area (Å²) in [6, 6.07) is -4.12. The van der Waals surface area contributed by atoms with Gasteiger partial charge in [0.1, 0.15) is 67.1 Å². The molecule has 238 valence electrons. The SMILES string of the molecule is CNC1C(OC2C(OC3C(O)C(O)C(N=C(N)N)C(O)C3N=C(N)N)OC(C)C2(O)C(N)O)OC(CO)C(O)C1O. The van der Waals surface area contributed by atoms with E-state index in [4.69, 9.17) is 47.6 Å². The molecule has 41 heavy (non-hydrogen) atoms. The van der Waals surface area contributed by atoms with Gasteiger partial charge in [-0.2, -0.15) is 0 Å². The van der Waals surface area contributed by atoms with Crippen LogP contribution in [0.3, 0.4) is 0 Å². The molecule has 0 radical (unpaired) electrons. The van der Waals surface area contributed by atoms with E-state index in [2.05, 4.69) is 15.3 Å². The maximum Gasteiger partial charge on any atom is 0.187 e. The fourth-order valence-corrected chi connectivity index (χ4v) is 5.33. The molecule has 20 nitrogen and oxygen atoms in total. The summed E-state index contributed by atoms with van der Waals surface area (Å²) in [6.07, 6.45) is -19.7.